The molecule has 1 fully saturated rings. The Morgan fingerprint density at radius 1 is 1.26 bits per heavy atom. The monoisotopic (exact) mass is 447 g/mol. The molecule has 5 heteroatoms. The molecule has 1 saturated heterocycles. The van der Waals surface area contributed by atoms with Gasteiger partial charge in [0.1, 0.15) is 0 Å². The van der Waals surface area contributed by atoms with Crippen LogP contribution in [0.1, 0.15) is 54.6 Å². The lowest BCUT2D eigenvalue weighted by Crippen LogP contribution is -2.52. The highest BCUT2D eigenvalue weighted by Gasteiger charge is 2.33. The van der Waals surface area contributed by atoms with Crippen LogP contribution in [-0.2, 0) is 12.8 Å². The van der Waals surface area contributed by atoms with Crippen LogP contribution >= 0.6 is 27.5 Å². The Bertz CT molecular complexity index is 757. The molecule has 1 aromatic carbocycles. The number of hydrogen-bond donors (Lipinski definition) is 1. The highest BCUT2D eigenvalue weighted by atomic mass is 79.9. The van der Waals surface area contributed by atoms with Crippen molar-refractivity contribution in [2.75, 3.05) is 19.6 Å². The van der Waals surface area contributed by atoms with E-state index in [0.717, 1.165) is 42.0 Å². The third-order valence-corrected chi connectivity index (χ3v) is 6.52. The van der Waals surface area contributed by atoms with Gasteiger partial charge in [-0.15, -0.1) is 0 Å². The lowest BCUT2D eigenvalue weighted by Gasteiger charge is -2.39. The van der Waals surface area contributed by atoms with Gasteiger partial charge in [0, 0.05) is 41.4 Å². The lowest BCUT2D eigenvalue weighted by molar-refractivity contribution is 0.156. The van der Waals surface area contributed by atoms with Crippen molar-refractivity contribution in [2.45, 2.75) is 51.1 Å². The average molecular weight is 449 g/mol. The maximum Gasteiger partial charge on any atom is 0.0782 e. The van der Waals surface area contributed by atoms with Gasteiger partial charge in [-0.1, -0.05) is 37.4 Å². The minimum atomic E-state index is 0.217. The van der Waals surface area contributed by atoms with Crippen molar-refractivity contribution in [1.82, 2.24) is 15.2 Å². The summed E-state index contributed by atoms with van der Waals surface area (Å²) >= 11 is 9.94. The molecule has 0 amide bonds. The second kappa shape index (κ2) is 8.60. The van der Waals surface area contributed by atoms with Gasteiger partial charge in [-0.25, -0.2) is 0 Å². The van der Waals surface area contributed by atoms with E-state index < -0.39 is 0 Å². The molecule has 1 unspecified atom stereocenters. The van der Waals surface area contributed by atoms with E-state index in [1.165, 1.54) is 41.6 Å². The molecule has 0 saturated carbocycles. The van der Waals surface area contributed by atoms with E-state index in [-0.39, 0.29) is 6.04 Å². The van der Waals surface area contributed by atoms with Crippen LogP contribution in [0.25, 0.3) is 0 Å². The van der Waals surface area contributed by atoms with Gasteiger partial charge in [-0.2, -0.15) is 0 Å². The van der Waals surface area contributed by atoms with Crippen LogP contribution in [0.2, 0.25) is 5.02 Å². The summed E-state index contributed by atoms with van der Waals surface area (Å²) in [4.78, 5) is 7.54. The molecule has 2 aliphatic rings. The Morgan fingerprint density at radius 2 is 2.11 bits per heavy atom. The molecule has 144 valence electrons. The maximum atomic E-state index is 6.33. The third kappa shape index (κ3) is 4.24. The van der Waals surface area contributed by atoms with Crippen LogP contribution in [0.15, 0.2) is 34.9 Å². The lowest BCUT2D eigenvalue weighted by atomic mass is 9.95. The third-order valence-electron chi connectivity index (χ3n) is 5.85. The zero-order valence-electron chi connectivity index (χ0n) is 15.8. The number of aryl methyl sites for hydroxylation is 2. The van der Waals surface area contributed by atoms with Gasteiger partial charge < -0.3 is 5.32 Å². The SMILES string of the molecule is CCCC[C@H]1CN(C2c3ccc(Cl)cc3CCc3cc(Br)cnc32)CCN1. The maximum absolute atomic E-state index is 6.33. The van der Waals surface area contributed by atoms with E-state index >= 15 is 0 Å². The van der Waals surface area contributed by atoms with Gasteiger partial charge >= 0.3 is 0 Å². The van der Waals surface area contributed by atoms with Crippen LogP contribution < -0.4 is 5.32 Å². The predicted molar refractivity (Wildman–Crippen MR) is 116 cm³/mol. The molecular weight excluding hydrogens is 422 g/mol. The standard InChI is InChI=1S/C22H27BrClN3/c1-2-3-4-19-14-27(10-9-25-19)22-20-8-7-18(24)12-15(20)5-6-16-11-17(23)13-26-21(16)22/h7-8,11-13,19,22,25H,2-6,9-10,14H2,1H3/t19-,22?/m0/s1. The van der Waals surface area contributed by atoms with Crippen molar-refractivity contribution in [2.24, 2.45) is 0 Å². The summed E-state index contributed by atoms with van der Waals surface area (Å²) in [7, 11) is 0. The fourth-order valence-corrected chi connectivity index (χ4v) is 5.09. The van der Waals surface area contributed by atoms with E-state index in [2.05, 4.69) is 51.3 Å². The molecule has 2 atom stereocenters. The number of nitrogens with one attached hydrogen (secondary N) is 1. The first-order valence-corrected chi connectivity index (χ1v) is 11.2. The first-order chi connectivity index (χ1) is 13.2. The largest absolute Gasteiger partial charge is 0.311 e. The molecule has 1 aliphatic heterocycles. The number of rotatable bonds is 4. The first kappa shape index (κ1) is 19.4. The van der Waals surface area contributed by atoms with Gasteiger partial charge in [-0.05, 0) is 70.1 Å². The fraction of sp³-hybridized carbons (Fsp3) is 0.500. The first-order valence-electron chi connectivity index (χ1n) is 10.1. The van der Waals surface area contributed by atoms with Crippen LogP contribution in [0.3, 0.4) is 0 Å². The number of pyridine rings is 1. The van der Waals surface area contributed by atoms with Crippen molar-refractivity contribution >= 4 is 27.5 Å². The van der Waals surface area contributed by atoms with Crippen molar-refractivity contribution in [3.63, 3.8) is 0 Å². The summed E-state index contributed by atoms with van der Waals surface area (Å²) in [6.07, 6.45) is 7.75. The quantitative estimate of drug-likeness (QED) is 0.701. The Kier molecular flexibility index (Phi) is 6.18. The van der Waals surface area contributed by atoms with Crippen molar-refractivity contribution in [3.8, 4) is 0 Å². The topological polar surface area (TPSA) is 28.2 Å². The van der Waals surface area contributed by atoms with E-state index in [0.29, 0.717) is 6.04 Å². The molecule has 0 radical (unpaired) electrons. The fourth-order valence-electron chi connectivity index (χ4n) is 4.51. The molecule has 0 bridgehead atoms. The summed E-state index contributed by atoms with van der Waals surface area (Å²) in [6, 6.07) is 9.45. The molecule has 1 N–H and O–H groups in total. The predicted octanol–water partition coefficient (Wildman–Crippen LogP) is 5.15. The van der Waals surface area contributed by atoms with Gasteiger partial charge in [0.05, 0.1) is 11.7 Å². The Hall–Kier alpha value is -0.940. The van der Waals surface area contributed by atoms with Gasteiger partial charge in [0.25, 0.3) is 0 Å². The molecule has 2 aromatic rings. The van der Waals surface area contributed by atoms with Crippen LogP contribution in [0, 0.1) is 0 Å². The normalized spacial score (nSPS) is 22.8. The smallest absolute Gasteiger partial charge is 0.0782 e. The molecule has 1 aromatic heterocycles. The summed E-state index contributed by atoms with van der Waals surface area (Å²) in [5.41, 5.74) is 5.31. The van der Waals surface area contributed by atoms with Crippen LogP contribution in [0.4, 0.5) is 0 Å². The summed E-state index contributed by atoms with van der Waals surface area (Å²) < 4.78 is 1.06. The molecule has 3 nitrogen and oxygen atoms in total. The summed E-state index contributed by atoms with van der Waals surface area (Å²) in [6.45, 7) is 5.43. The minimum absolute atomic E-state index is 0.217. The molecule has 1 aliphatic carbocycles. The van der Waals surface area contributed by atoms with E-state index in [1.807, 2.05) is 12.3 Å². The highest BCUT2D eigenvalue weighted by molar-refractivity contribution is 9.10. The Labute approximate surface area is 175 Å². The van der Waals surface area contributed by atoms with E-state index in [9.17, 15) is 0 Å². The van der Waals surface area contributed by atoms with E-state index in [1.54, 1.807) is 0 Å². The molecule has 27 heavy (non-hydrogen) atoms. The highest BCUT2D eigenvalue weighted by Crippen LogP contribution is 2.38. The number of hydrogen-bond acceptors (Lipinski definition) is 3. The Morgan fingerprint density at radius 3 is 2.96 bits per heavy atom. The van der Waals surface area contributed by atoms with Gasteiger partial charge in [0.15, 0.2) is 0 Å². The van der Waals surface area contributed by atoms with Gasteiger partial charge in [-0.3, -0.25) is 9.88 Å². The molecule has 4 rings (SSSR count). The number of piperazine rings is 1. The van der Waals surface area contributed by atoms with Crippen molar-refractivity contribution in [1.29, 1.82) is 0 Å². The molecular formula is C22H27BrClN3. The number of nitrogens with zero attached hydrogens (tertiary/aromatic N) is 2. The zero-order chi connectivity index (χ0) is 18.8. The van der Waals surface area contributed by atoms with Crippen LogP contribution in [0.5, 0.6) is 0 Å². The van der Waals surface area contributed by atoms with Gasteiger partial charge in [0.2, 0.25) is 0 Å². The number of halogens is 2. The molecule has 0 spiro atoms. The Balaban J connectivity index is 1.73. The molecule has 2 heterocycles. The number of aromatic nitrogens is 1. The second-order valence-electron chi connectivity index (χ2n) is 7.73. The number of unbranched alkanes of at least 4 members (excludes halogenated alkanes) is 1. The zero-order valence-corrected chi connectivity index (χ0v) is 18.2. The van der Waals surface area contributed by atoms with Crippen molar-refractivity contribution < 1.29 is 0 Å². The minimum Gasteiger partial charge on any atom is -0.311 e. The second-order valence-corrected chi connectivity index (χ2v) is 9.08. The summed E-state index contributed by atoms with van der Waals surface area (Å²) in [5, 5.41) is 4.54. The van der Waals surface area contributed by atoms with Crippen molar-refractivity contribution in [3.05, 3.63) is 62.3 Å². The van der Waals surface area contributed by atoms with Crippen LogP contribution in [-0.4, -0.2) is 35.6 Å². The average Bonchev–Trinajstić information content (AvgIpc) is 2.83. The number of fused-ring (bicyclic) bond motifs is 2. The number of benzene rings is 1. The van der Waals surface area contributed by atoms with E-state index in [4.69, 9.17) is 16.6 Å². The summed E-state index contributed by atoms with van der Waals surface area (Å²) in [5.74, 6) is 0.